The third kappa shape index (κ3) is 2.80. The molecule has 1 aromatic heterocycles. The topological polar surface area (TPSA) is 47.0 Å². The molecule has 0 radical (unpaired) electrons. The summed E-state index contributed by atoms with van der Waals surface area (Å²) in [5.74, 6) is 0.823. The fraction of sp³-hybridized carbons (Fsp3) is 0.176. The van der Waals surface area contributed by atoms with Crippen molar-refractivity contribution in [1.82, 2.24) is 9.55 Å². The maximum atomic E-state index is 12.5. The zero-order chi connectivity index (χ0) is 15.5. The van der Waals surface area contributed by atoms with Gasteiger partial charge in [0.2, 0.25) is 0 Å². The fourth-order valence-corrected chi connectivity index (χ4v) is 2.72. The monoisotopic (exact) mass is 312 g/mol. The van der Waals surface area contributed by atoms with E-state index in [1.807, 2.05) is 48.5 Å². The van der Waals surface area contributed by atoms with Crippen molar-refractivity contribution in [3.8, 4) is 5.75 Å². The average Bonchev–Trinajstić information content (AvgIpc) is 2.55. The lowest BCUT2D eigenvalue weighted by molar-refractivity contribution is 0.414. The quantitative estimate of drug-likeness (QED) is 0.752. The predicted octanol–water partition coefficient (Wildman–Crippen LogP) is 3.31. The van der Waals surface area contributed by atoms with Gasteiger partial charge in [0.15, 0.2) is 4.77 Å². The molecule has 0 atom stereocenters. The van der Waals surface area contributed by atoms with Crippen LogP contribution in [-0.4, -0.2) is 16.7 Å². The molecule has 3 rings (SSSR count). The Morgan fingerprint density at radius 1 is 1.14 bits per heavy atom. The van der Waals surface area contributed by atoms with Crippen molar-refractivity contribution in [3.63, 3.8) is 0 Å². The first-order valence-electron chi connectivity index (χ1n) is 7.04. The van der Waals surface area contributed by atoms with E-state index in [1.54, 1.807) is 11.7 Å². The van der Waals surface area contributed by atoms with Gasteiger partial charge in [-0.1, -0.05) is 24.3 Å². The number of rotatable bonds is 4. The largest absolute Gasteiger partial charge is 0.497 e. The van der Waals surface area contributed by atoms with Crippen molar-refractivity contribution in [1.29, 1.82) is 0 Å². The van der Waals surface area contributed by atoms with Crippen LogP contribution >= 0.6 is 12.2 Å². The minimum absolute atomic E-state index is 0.0483. The molecule has 5 heteroatoms. The first-order valence-corrected chi connectivity index (χ1v) is 7.44. The molecule has 0 saturated heterocycles. The summed E-state index contributed by atoms with van der Waals surface area (Å²) in [5.41, 5.74) is 1.86. The Labute approximate surface area is 133 Å². The van der Waals surface area contributed by atoms with Gasteiger partial charge in [-0.05, 0) is 48.5 Å². The molecule has 0 bridgehead atoms. The molecule has 22 heavy (non-hydrogen) atoms. The van der Waals surface area contributed by atoms with Crippen molar-refractivity contribution in [2.45, 2.75) is 13.0 Å². The van der Waals surface area contributed by atoms with Gasteiger partial charge in [-0.15, -0.1) is 0 Å². The highest BCUT2D eigenvalue weighted by atomic mass is 32.1. The van der Waals surface area contributed by atoms with Crippen LogP contribution in [0.1, 0.15) is 5.56 Å². The van der Waals surface area contributed by atoms with Gasteiger partial charge >= 0.3 is 0 Å². The van der Waals surface area contributed by atoms with Crippen LogP contribution in [0.15, 0.2) is 53.3 Å². The molecule has 0 aliphatic heterocycles. The standard InChI is InChI=1S/C17H16N2O2S/c1-21-13-8-6-12(7-9-13)10-11-19-16(20)14-4-2-3-5-15(14)18-17(19)22/h2-9H,10-11H2,1H3,(H,18,22). The van der Waals surface area contributed by atoms with Crippen molar-refractivity contribution >= 4 is 23.1 Å². The zero-order valence-electron chi connectivity index (χ0n) is 12.2. The van der Waals surface area contributed by atoms with Crippen molar-refractivity contribution in [2.24, 2.45) is 0 Å². The lowest BCUT2D eigenvalue weighted by atomic mass is 10.1. The molecule has 0 unspecified atom stereocenters. The number of aryl methyl sites for hydroxylation is 1. The Morgan fingerprint density at radius 3 is 2.59 bits per heavy atom. The van der Waals surface area contributed by atoms with Crippen LogP contribution in [0.25, 0.3) is 10.9 Å². The number of benzene rings is 2. The molecule has 112 valence electrons. The van der Waals surface area contributed by atoms with E-state index >= 15 is 0 Å². The number of ether oxygens (including phenoxy) is 1. The van der Waals surface area contributed by atoms with Crippen LogP contribution < -0.4 is 10.3 Å². The lowest BCUT2D eigenvalue weighted by Crippen LogP contribution is -2.23. The third-order valence-corrected chi connectivity index (χ3v) is 3.99. The summed E-state index contributed by atoms with van der Waals surface area (Å²) in [6, 6.07) is 15.2. The molecule has 1 heterocycles. The molecule has 0 spiro atoms. The summed E-state index contributed by atoms with van der Waals surface area (Å²) < 4.78 is 7.21. The number of fused-ring (bicyclic) bond motifs is 1. The summed E-state index contributed by atoms with van der Waals surface area (Å²) in [6.07, 6.45) is 0.736. The van der Waals surface area contributed by atoms with Gasteiger partial charge in [-0.2, -0.15) is 0 Å². The molecule has 1 N–H and O–H groups in total. The number of methoxy groups -OCH3 is 1. The number of aromatic amines is 1. The van der Waals surface area contributed by atoms with Crippen LogP contribution in [0, 0.1) is 4.77 Å². The summed E-state index contributed by atoms with van der Waals surface area (Å²) in [7, 11) is 1.64. The van der Waals surface area contributed by atoms with Gasteiger partial charge < -0.3 is 9.72 Å². The number of aromatic nitrogens is 2. The summed E-state index contributed by atoms with van der Waals surface area (Å²) in [4.78, 5) is 15.6. The molecule has 0 aliphatic rings. The Bertz CT molecular complexity index is 910. The highest BCUT2D eigenvalue weighted by Gasteiger charge is 2.05. The highest BCUT2D eigenvalue weighted by Crippen LogP contribution is 2.12. The fourth-order valence-electron chi connectivity index (χ4n) is 2.44. The second-order valence-corrected chi connectivity index (χ2v) is 5.42. The van der Waals surface area contributed by atoms with Gasteiger partial charge in [0.25, 0.3) is 5.56 Å². The van der Waals surface area contributed by atoms with Gasteiger partial charge in [0.1, 0.15) is 5.75 Å². The molecule has 3 aromatic rings. The molecule has 0 amide bonds. The zero-order valence-corrected chi connectivity index (χ0v) is 13.0. The van der Waals surface area contributed by atoms with Gasteiger partial charge in [0, 0.05) is 6.54 Å². The Balaban J connectivity index is 1.90. The SMILES string of the molecule is COc1ccc(CCn2c(=S)[nH]c3ccccc3c2=O)cc1. The lowest BCUT2D eigenvalue weighted by Gasteiger charge is -2.08. The van der Waals surface area contributed by atoms with E-state index in [0.29, 0.717) is 16.7 Å². The second kappa shape index (κ2) is 6.15. The van der Waals surface area contributed by atoms with Crippen LogP contribution in [0.4, 0.5) is 0 Å². The summed E-state index contributed by atoms with van der Waals surface area (Å²) in [5, 5.41) is 0.658. The van der Waals surface area contributed by atoms with E-state index < -0.39 is 0 Å². The predicted molar refractivity (Wildman–Crippen MR) is 90.1 cm³/mol. The molecule has 0 fully saturated rings. The molecule has 0 saturated carbocycles. The van der Waals surface area contributed by atoms with Gasteiger partial charge in [-0.25, -0.2) is 0 Å². The highest BCUT2D eigenvalue weighted by molar-refractivity contribution is 7.71. The number of nitrogens with zero attached hydrogens (tertiary/aromatic N) is 1. The molecule has 4 nitrogen and oxygen atoms in total. The molecule has 2 aromatic carbocycles. The number of para-hydroxylation sites is 1. The van der Waals surface area contributed by atoms with Crippen molar-refractivity contribution < 1.29 is 4.74 Å². The minimum Gasteiger partial charge on any atom is -0.497 e. The molecular weight excluding hydrogens is 296 g/mol. The van der Waals surface area contributed by atoms with Gasteiger partial charge in [0.05, 0.1) is 18.0 Å². The van der Waals surface area contributed by atoms with E-state index in [4.69, 9.17) is 17.0 Å². The smallest absolute Gasteiger partial charge is 0.262 e. The summed E-state index contributed by atoms with van der Waals surface area (Å²) in [6.45, 7) is 0.547. The Kier molecular flexibility index (Phi) is 4.06. The number of H-pyrrole nitrogens is 1. The first-order chi connectivity index (χ1) is 10.7. The van der Waals surface area contributed by atoms with E-state index in [9.17, 15) is 4.79 Å². The van der Waals surface area contributed by atoms with Gasteiger partial charge in [-0.3, -0.25) is 9.36 Å². The van der Waals surface area contributed by atoms with E-state index in [0.717, 1.165) is 23.3 Å². The average molecular weight is 312 g/mol. The minimum atomic E-state index is -0.0483. The van der Waals surface area contributed by atoms with Crippen LogP contribution in [0.3, 0.4) is 0 Å². The van der Waals surface area contributed by atoms with E-state index in [1.165, 1.54) is 0 Å². The normalized spacial score (nSPS) is 10.8. The Morgan fingerprint density at radius 2 is 1.86 bits per heavy atom. The number of nitrogens with one attached hydrogen (secondary N) is 1. The van der Waals surface area contributed by atoms with E-state index in [-0.39, 0.29) is 5.56 Å². The number of hydrogen-bond acceptors (Lipinski definition) is 3. The van der Waals surface area contributed by atoms with Crippen LogP contribution in [0.2, 0.25) is 0 Å². The van der Waals surface area contributed by atoms with Crippen LogP contribution in [-0.2, 0) is 13.0 Å². The molecular formula is C17H16N2O2S. The van der Waals surface area contributed by atoms with Crippen molar-refractivity contribution in [2.75, 3.05) is 7.11 Å². The second-order valence-electron chi connectivity index (χ2n) is 5.03. The van der Waals surface area contributed by atoms with E-state index in [2.05, 4.69) is 4.98 Å². The maximum absolute atomic E-state index is 12.5. The third-order valence-electron chi connectivity index (χ3n) is 3.67. The Hall–Kier alpha value is -2.40. The summed E-state index contributed by atoms with van der Waals surface area (Å²) >= 11 is 5.31. The molecule has 0 aliphatic carbocycles. The first kappa shape index (κ1) is 14.5. The maximum Gasteiger partial charge on any atom is 0.262 e. The van der Waals surface area contributed by atoms with Crippen LogP contribution in [0.5, 0.6) is 5.75 Å². The van der Waals surface area contributed by atoms with Crippen molar-refractivity contribution in [3.05, 3.63) is 69.2 Å². The number of hydrogen-bond donors (Lipinski definition) is 1.